The van der Waals surface area contributed by atoms with Gasteiger partial charge in [-0.2, -0.15) is 0 Å². The number of ether oxygens (including phenoxy) is 1. The van der Waals surface area contributed by atoms with E-state index in [1.165, 1.54) is 7.11 Å². The number of hydrogen-bond donors (Lipinski definition) is 1. The molecule has 0 amide bonds. The second kappa shape index (κ2) is 5.63. The first kappa shape index (κ1) is 12.7. The Bertz CT molecular complexity index is 257. The molecule has 0 aromatic rings. The third-order valence-corrected chi connectivity index (χ3v) is 2.77. The highest BCUT2D eigenvalue weighted by molar-refractivity contribution is 9.11. The second-order valence-corrected chi connectivity index (χ2v) is 4.79. The van der Waals surface area contributed by atoms with E-state index in [1.54, 1.807) is 0 Å². The van der Waals surface area contributed by atoms with Gasteiger partial charge in [0.1, 0.15) is 6.04 Å². The van der Waals surface area contributed by atoms with Crippen LogP contribution in [0.2, 0.25) is 0 Å². The number of likely N-dealkylation sites (tertiary alicyclic amines) is 1. The van der Waals surface area contributed by atoms with Gasteiger partial charge in [-0.05, 0) is 19.4 Å². The van der Waals surface area contributed by atoms with Crippen molar-refractivity contribution in [1.29, 1.82) is 0 Å². The monoisotopic (exact) mass is 277 g/mol. The van der Waals surface area contributed by atoms with Gasteiger partial charge >= 0.3 is 5.97 Å². The lowest BCUT2D eigenvalue weighted by atomic mass is 9.99. The molecular weight excluding hydrogens is 262 g/mol. The minimum Gasteiger partial charge on any atom is -0.468 e. The van der Waals surface area contributed by atoms with E-state index in [1.807, 2.05) is 4.90 Å². The average Bonchev–Trinajstić information content (AvgIpc) is 2.16. The molecule has 0 bridgehead atoms. The number of carbonyl (C=O) groups excluding carboxylic acids is 1. The number of esters is 1. The van der Waals surface area contributed by atoms with Crippen molar-refractivity contribution in [1.82, 2.24) is 4.90 Å². The fourth-order valence-corrected chi connectivity index (χ4v) is 2.19. The SMILES string of the molecule is C=C(Br)CN1CCC[C@@H](O)[C@H]1C(=O)OC. The van der Waals surface area contributed by atoms with Gasteiger partial charge in [0.25, 0.3) is 0 Å². The Kier molecular flexibility index (Phi) is 4.76. The molecule has 2 atom stereocenters. The Morgan fingerprint density at radius 1 is 1.73 bits per heavy atom. The highest BCUT2D eigenvalue weighted by atomic mass is 79.9. The summed E-state index contributed by atoms with van der Waals surface area (Å²) in [6, 6.07) is -0.557. The summed E-state index contributed by atoms with van der Waals surface area (Å²) in [5, 5.41) is 9.77. The molecule has 15 heavy (non-hydrogen) atoms. The lowest BCUT2D eigenvalue weighted by Crippen LogP contribution is -2.53. The fourth-order valence-electron chi connectivity index (χ4n) is 1.87. The van der Waals surface area contributed by atoms with Crippen LogP contribution in [-0.4, -0.2) is 48.3 Å². The average molecular weight is 278 g/mol. The van der Waals surface area contributed by atoms with Crippen LogP contribution in [0.25, 0.3) is 0 Å². The summed E-state index contributed by atoms with van der Waals surface area (Å²) < 4.78 is 5.48. The van der Waals surface area contributed by atoms with Gasteiger partial charge in [-0.25, -0.2) is 0 Å². The zero-order valence-corrected chi connectivity index (χ0v) is 10.4. The Hall–Kier alpha value is -0.390. The first-order valence-electron chi connectivity index (χ1n) is 4.89. The predicted molar refractivity (Wildman–Crippen MR) is 60.7 cm³/mol. The maximum absolute atomic E-state index is 11.5. The van der Waals surface area contributed by atoms with E-state index in [4.69, 9.17) is 0 Å². The molecule has 1 aliphatic rings. The van der Waals surface area contributed by atoms with Gasteiger partial charge < -0.3 is 9.84 Å². The van der Waals surface area contributed by atoms with Gasteiger partial charge in [-0.3, -0.25) is 9.69 Å². The van der Waals surface area contributed by atoms with E-state index in [9.17, 15) is 9.90 Å². The summed E-state index contributed by atoms with van der Waals surface area (Å²) in [6.45, 7) is 5.07. The van der Waals surface area contributed by atoms with Crippen molar-refractivity contribution < 1.29 is 14.6 Å². The molecule has 1 rings (SSSR count). The number of aliphatic hydroxyl groups excluding tert-OH is 1. The highest BCUT2D eigenvalue weighted by Crippen LogP contribution is 2.20. The zero-order valence-electron chi connectivity index (χ0n) is 8.78. The van der Waals surface area contributed by atoms with Gasteiger partial charge in [-0.1, -0.05) is 22.5 Å². The predicted octanol–water partition coefficient (Wildman–Crippen LogP) is 0.893. The molecular formula is C10H16BrNO3. The molecule has 4 nitrogen and oxygen atoms in total. The molecule has 1 fully saturated rings. The lowest BCUT2D eigenvalue weighted by molar-refractivity contribution is -0.153. The molecule has 1 N–H and O–H groups in total. The number of piperidine rings is 1. The number of carbonyl (C=O) groups is 1. The molecule has 1 saturated heterocycles. The van der Waals surface area contributed by atoms with Crippen molar-refractivity contribution in [2.24, 2.45) is 0 Å². The third-order valence-electron chi connectivity index (χ3n) is 2.52. The van der Waals surface area contributed by atoms with Crippen LogP contribution in [-0.2, 0) is 9.53 Å². The Labute approximate surface area is 98.0 Å². The largest absolute Gasteiger partial charge is 0.468 e. The fraction of sp³-hybridized carbons (Fsp3) is 0.700. The molecule has 0 radical (unpaired) electrons. The van der Waals surface area contributed by atoms with Crippen LogP contribution in [0.4, 0.5) is 0 Å². The summed E-state index contributed by atoms with van der Waals surface area (Å²) >= 11 is 3.26. The standard InChI is InChI=1S/C10H16BrNO3/c1-7(11)6-12-5-3-4-8(13)9(12)10(14)15-2/h8-9,13H,1,3-6H2,2H3/t8-,9+/m1/s1. The maximum atomic E-state index is 11.5. The quantitative estimate of drug-likeness (QED) is 0.779. The van der Waals surface area contributed by atoms with Gasteiger partial charge in [0, 0.05) is 11.0 Å². The van der Waals surface area contributed by atoms with Crippen LogP contribution < -0.4 is 0 Å². The van der Waals surface area contributed by atoms with Gasteiger partial charge in [0.05, 0.1) is 13.2 Å². The van der Waals surface area contributed by atoms with E-state index in [0.717, 1.165) is 17.4 Å². The number of hydrogen-bond acceptors (Lipinski definition) is 4. The second-order valence-electron chi connectivity index (χ2n) is 3.67. The van der Waals surface area contributed by atoms with Crippen LogP contribution >= 0.6 is 15.9 Å². The van der Waals surface area contributed by atoms with Crippen LogP contribution in [0.5, 0.6) is 0 Å². The normalized spacial score (nSPS) is 27.4. The summed E-state index contributed by atoms with van der Waals surface area (Å²) in [5.41, 5.74) is 0. The van der Waals surface area contributed by atoms with Crippen LogP contribution in [0.1, 0.15) is 12.8 Å². The van der Waals surface area contributed by atoms with Crippen molar-refractivity contribution >= 4 is 21.9 Å². The number of nitrogens with zero attached hydrogens (tertiary/aromatic N) is 1. The van der Waals surface area contributed by atoms with E-state index in [2.05, 4.69) is 27.2 Å². The van der Waals surface area contributed by atoms with Crippen molar-refractivity contribution in [2.75, 3.05) is 20.2 Å². The minimum atomic E-state index is -0.641. The number of aliphatic hydroxyl groups is 1. The van der Waals surface area contributed by atoms with E-state index >= 15 is 0 Å². The molecule has 1 aliphatic heterocycles. The molecule has 1 heterocycles. The molecule has 0 saturated carbocycles. The Balaban J connectivity index is 2.72. The van der Waals surface area contributed by atoms with Crippen LogP contribution in [0.15, 0.2) is 11.1 Å². The first-order valence-corrected chi connectivity index (χ1v) is 5.68. The molecule has 0 spiro atoms. The molecule has 5 heteroatoms. The number of methoxy groups -OCH3 is 1. The molecule has 0 aromatic heterocycles. The Morgan fingerprint density at radius 3 is 2.93 bits per heavy atom. The van der Waals surface area contributed by atoms with Crippen LogP contribution in [0, 0.1) is 0 Å². The number of halogens is 1. The highest BCUT2D eigenvalue weighted by Gasteiger charge is 2.36. The molecule has 86 valence electrons. The van der Waals surface area contributed by atoms with E-state index in [-0.39, 0.29) is 5.97 Å². The third kappa shape index (κ3) is 3.29. The van der Waals surface area contributed by atoms with Crippen molar-refractivity contribution in [3.05, 3.63) is 11.1 Å². The lowest BCUT2D eigenvalue weighted by Gasteiger charge is -2.36. The maximum Gasteiger partial charge on any atom is 0.325 e. The van der Waals surface area contributed by atoms with Crippen molar-refractivity contribution in [3.63, 3.8) is 0 Å². The topological polar surface area (TPSA) is 49.8 Å². The minimum absolute atomic E-state index is 0.379. The molecule has 0 aromatic carbocycles. The summed E-state index contributed by atoms with van der Waals surface area (Å²) in [7, 11) is 1.34. The molecule has 0 aliphatic carbocycles. The smallest absolute Gasteiger partial charge is 0.325 e. The summed E-state index contributed by atoms with van der Waals surface area (Å²) in [4.78, 5) is 13.4. The van der Waals surface area contributed by atoms with Gasteiger partial charge in [-0.15, -0.1) is 0 Å². The van der Waals surface area contributed by atoms with Crippen LogP contribution in [0.3, 0.4) is 0 Å². The van der Waals surface area contributed by atoms with Crippen molar-refractivity contribution in [2.45, 2.75) is 25.0 Å². The van der Waals surface area contributed by atoms with Gasteiger partial charge in [0.15, 0.2) is 0 Å². The summed E-state index contributed by atoms with van der Waals surface area (Å²) in [5.74, 6) is -0.379. The van der Waals surface area contributed by atoms with E-state index in [0.29, 0.717) is 13.0 Å². The Morgan fingerprint density at radius 2 is 2.40 bits per heavy atom. The summed E-state index contributed by atoms with van der Waals surface area (Å²) in [6.07, 6.45) is 0.887. The van der Waals surface area contributed by atoms with Crippen molar-refractivity contribution in [3.8, 4) is 0 Å². The first-order chi connectivity index (χ1) is 7.06. The van der Waals surface area contributed by atoms with Gasteiger partial charge in [0.2, 0.25) is 0 Å². The molecule has 0 unspecified atom stereocenters. The number of rotatable bonds is 3. The van der Waals surface area contributed by atoms with E-state index < -0.39 is 12.1 Å². The zero-order chi connectivity index (χ0) is 11.4.